The predicted molar refractivity (Wildman–Crippen MR) is 66.8 cm³/mol. The van der Waals surface area contributed by atoms with Crippen molar-refractivity contribution in [2.75, 3.05) is 19.7 Å². The first-order chi connectivity index (χ1) is 7.83. The lowest BCUT2D eigenvalue weighted by Crippen LogP contribution is -2.40. The molecule has 1 fully saturated rings. The fourth-order valence-corrected chi connectivity index (χ4v) is 1.81. The van der Waals surface area contributed by atoms with Crippen LogP contribution in [0.3, 0.4) is 0 Å². The van der Waals surface area contributed by atoms with Crippen molar-refractivity contribution >= 4 is 6.09 Å². The second-order valence-electron chi connectivity index (χ2n) is 5.55. The molecule has 4 nitrogen and oxygen atoms in total. The van der Waals surface area contributed by atoms with Crippen LogP contribution >= 0.6 is 0 Å². The molecule has 0 radical (unpaired) electrons. The van der Waals surface area contributed by atoms with E-state index in [2.05, 4.69) is 0 Å². The standard InChI is InChI=1S/C13H23NO3/c1-10(9-15)11-6-5-7-14(8-11)12(16)17-13(2,3)4/h15H,5-9H2,1-4H3/b11-10-. The monoisotopic (exact) mass is 241 g/mol. The summed E-state index contributed by atoms with van der Waals surface area (Å²) in [5.74, 6) is 0. The second kappa shape index (κ2) is 5.54. The Labute approximate surface area is 103 Å². The number of nitrogens with zero attached hydrogens (tertiary/aromatic N) is 1. The average Bonchev–Trinajstić information content (AvgIpc) is 2.26. The molecule has 1 heterocycles. The van der Waals surface area contributed by atoms with E-state index in [1.165, 1.54) is 0 Å². The first-order valence-electron chi connectivity index (χ1n) is 6.10. The molecule has 0 aliphatic carbocycles. The summed E-state index contributed by atoms with van der Waals surface area (Å²) in [6, 6.07) is 0. The van der Waals surface area contributed by atoms with Crippen LogP contribution in [0.4, 0.5) is 4.79 Å². The Morgan fingerprint density at radius 1 is 1.47 bits per heavy atom. The highest BCUT2D eigenvalue weighted by molar-refractivity contribution is 5.68. The van der Waals surface area contributed by atoms with Gasteiger partial charge in [0.25, 0.3) is 0 Å². The molecular weight excluding hydrogens is 218 g/mol. The van der Waals surface area contributed by atoms with Gasteiger partial charge in [-0.3, -0.25) is 0 Å². The molecule has 17 heavy (non-hydrogen) atoms. The van der Waals surface area contributed by atoms with E-state index in [4.69, 9.17) is 9.84 Å². The van der Waals surface area contributed by atoms with Crippen LogP contribution in [-0.4, -0.2) is 41.4 Å². The zero-order valence-corrected chi connectivity index (χ0v) is 11.2. The van der Waals surface area contributed by atoms with Gasteiger partial charge in [-0.25, -0.2) is 4.79 Å². The SMILES string of the molecule is C/C(CO)=C1\CCCN(C(=O)OC(C)(C)C)C1. The Kier molecular flexibility index (Phi) is 4.57. The summed E-state index contributed by atoms with van der Waals surface area (Å²) in [6.07, 6.45) is 1.64. The minimum Gasteiger partial charge on any atom is -0.444 e. The molecular formula is C13H23NO3. The van der Waals surface area contributed by atoms with Gasteiger partial charge < -0.3 is 14.7 Å². The molecule has 4 heteroatoms. The Morgan fingerprint density at radius 2 is 2.12 bits per heavy atom. The summed E-state index contributed by atoms with van der Waals surface area (Å²) in [5, 5.41) is 9.11. The number of hydrogen-bond acceptors (Lipinski definition) is 3. The topological polar surface area (TPSA) is 49.8 Å². The van der Waals surface area contributed by atoms with Crippen LogP contribution < -0.4 is 0 Å². The van der Waals surface area contributed by atoms with Crippen LogP contribution in [0.5, 0.6) is 0 Å². The molecule has 0 atom stereocenters. The van der Waals surface area contributed by atoms with Gasteiger partial charge in [0, 0.05) is 13.1 Å². The van der Waals surface area contributed by atoms with E-state index in [0.29, 0.717) is 6.54 Å². The first-order valence-corrected chi connectivity index (χ1v) is 6.10. The molecule has 0 bridgehead atoms. The Morgan fingerprint density at radius 3 is 2.65 bits per heavy atom. The molecule has 0 aromatic heterocycles. The van der Waals surface area contributed by atoms with Crippen molar-refractivity contribution in [3.05, 3.63) is 11.1 Å². The molecule has 0 spiro atoms. The number of carbonyl (C=O) groups excluding carboxylic acids is 1. The van der Waals surface area contributed by atoms with Crippen molar-refractivity contribution in [3.63, 3.8) is 0 Å². The van der Waals surface area contributed by atoms with Gasteiger partial charge in [0.1, 0.15) is 5.60 Å². The highest BCUT2D eigenvalue weighted by Crippen LogP contribution is 2.21. The molecule has 0 aromatic rings. The average molecular weight is 241 g/mol. The van der Waals surface area contributed by atoms with Crippen molar-refractivity contribution in [2.24, 2.45) is 0 Å². The molecule has 1 N–H and O–H groups in total. The smallest absolute Gasteiger partial charge is 0.410 e. The Hall–Kier alpha value is -1.03. The van der Waals surface area contributed by atoms with Crippen LogP contribution in [0.1, 0.15) is 40.5 Å². The molecule has 0 saturated carbocycles. The number of piperidine rings is 1. The highest BCUT2D eigenvalue weighted by Gasteiger charge is 2.25. The quantitative estimate of drug-likeness (QED) is 0.717. The van der Waals surface area contributed by atoms with Gasteiger partial charge in [-0.15, -0.1) is 0 Å². The van der Waals surface area contributed by atoms with Crippen LogP contribution in [0.25, 0.3) is 0 Å². The van der Waals surface area contributed by atoms with Gasteiger partial charge in [-0.2, -0.15) is 0 Å². The summed E-state index contributed by atoms with van der Waals surface area (Å²) in [6.45, 7) is 8.89. The van der Waals surface area contributed by atoms with E-state index in [-0.39, 0.29) is 12.7 Å². The van der Waals surface area contributed by atoms with E-state index in [1.807, 2.05) is 27.7 Å². The second-order valence-corrected chi connectivity index (χ2v) is 5.55. The zero-order chi connectivity index (χ0) is 13.1. The van der Waals surface area contributed by atoms with E-state index < -0.39 is 5.60 Å². The maximum Gasteiger partial charge on any atom is 0.410 e. The summed E-state index contributed by atoms with van der Waals surface area (Å²) >= 11 is 0. The molecule has 1 aliphatic heterocycles. The molecule has 98 valence electrons. The van der Waals surface area contributed by atoms with E-state index in [9.17, 15) is 4.79 Å². The largest absolute Gasteiger partial charge is 0.444 e. The number of ether oxygens (including phenoxy) is 1. The summed E-state index contributed by atoms with van der Waals surface area (Å²) in [7, 11) is 0. The van der Waals surface area contributed by atoms with Crippen molar-refractivity contribution < 1.29 is 14.6 Å². The lowest BCUT2D eigenvalue weighted by molar-refractivity contribution is 0.0245. The minimum absolute atomic E-state index is 0.0670. The summed E-state index contributed by atoms with van der Waals surface area (Å²) in [5.41, 5.74) is 1.67. The van der Waals surface area contributed by atoms with Crippen molar-refractivity contribution in [1.29, 1.82) is 0 Å². The highest BCUT2D eigenvalue weighted by atomic mass is 16.6. The molecule has 1 amide bonds. The Bertz CT molecular complexity index is 315. The third kappa shape index (κ3) is 4.38. The maximum absolute atomic E-state index is 11.9. The first kappa shape index (κ1) is 14.0. The normalized spacial score (nSPS) is 20.2. The fraction of sp³-hybridized carbons (Fsp3) is 0.769. The third-order valence-corrected chi connectivity index (χ3v) is 2.78. The molecule has 0 aromatic carbocycles. The molecule has 1 rings (SSSR count). The van der Waals surface area contributed by atoms with Crippen LogP contribution in [0, 0.1) is 0 Å². The van der Waals surface area contributed by atoms with Gasteiger partial charge >= 0.3 is 6.09 Å². The van der Waals surface area contributed by atoms with E-state index >= 15 is 0 Å². The number of likely N-dealkylation sites (tertiary alicyclic amines) is 1. The number of aliphatic hydroxyl groups is 1. The molecule has 0 unspecified atom stereocenters. The van der Waals surface area contributed by atoms with Gasteiger partial charge in [-0.1, -0.05) is 0 Å². The van der Waals surface area contributed by atoms with E-state index in [0.717, 1.165) is 30.5 Å². The van der Waals surface area contributed by atoms with Crippen molar-refractivity contribution in [2.45, 2.75) is 46.1 Å². The zero-order valence-electron chi connectivity index (χ0n) is 11.2. The number of rotatable bonds is 1. The number of amides is 1. The third-order valence-electron chi connectivity index (χ3n) is 2.78. The van der Waals surface area contributed by atoms with Crippen LogP contribution in [-0.2, 0) is 4.74 Å². The van der Waals surface area contributed by atoms with Gasteiger partial charge in [0.15, 0.2) is 0 Å². The Balaban J connectivity index is 2.64. The van der Waals surface area contributed by atoms with Crippen LogP contribution in [0.2, 0.25) is 0 Å². The predicted octanol–water partition coefficient (Wildman–Crippen LogP) is 2.33. The van der Waals surface area contributed by atoms with Crippen molar-refractivity contribution in [3.8, 4) is 0 Å². The van der Waals surface area contributed by atoms with Gasteiger partial charge in [0.05, 0.1) is 6.61 Å². The summed E-state index contributed by atoms with van der Waals surface area (Å²) in [4.78, 5) is 13.6. The lowest BCUT2D eigenvalue weighted by atomic mass is 10.0. The molecule has 1 saturated heterocycles. The fourth-order valence-electron chi connectivity index (χ4n) is 1.81. The number of carbonyl (C=O) groups is 1. The molecule has 1 aliphatic rings. The minimum atomic E-state index is -0.454. The number of hydrogen-bond donors (Lipinski definition) is 1. The summed E-state index contributed by atoms with van der Waals surface area (Å²) < 4.78 is 5.34. The van der Waals surface area contributed by atoms with Crippen molar-refractivity contribution in [1.82, 2.24) is 4.90 Å². The van der Waals surface area contributed by atoms with E-state index in [1.54, 1.807) is 4.90 Å². The number of aliphatic hydroxyl groups excluding tert-OH is 1. The lowest BCUT2D eigenvalue weighted by Gasteiger charge is -2.31. The van der Waals surface area contributed by atoms with Gasteiger partial charge in [0.2, 0.25) is 0 Å². The maximum atomic E-state index is 11.9. The van der Waals surface area contributed by atoms with Gasteiger partial charge in [-0.05, 0) is 51.7 Å². The van der Waals surface area contributed by atoms with Crippen LogP contribution in [0.15, 0.2) is 11.1 Å².